The number of hydrogen-bond acceptors (Lipinski definition) is 2. The lowest BCUT2D eigenvalue weighted by molar-refractivity contribution is 0.306. The summed E-state index contributed by atoms with van der Waals surface area (Å²) in [7, 11) is 0. The summed E-state index contributed by atoms with van der Waals surface area (Å²) in [6.07, 6.45) is 9.01. The molecule has 0 aliphatic heterocycles. The van der Waals surface area contributed by atoms with Gasteiger partial charge in [0.25, 0.3) is 0 Å². The van der Waals surface area contributed by atoms with Gasteiger partial charge in [0, 0.05) is 24.5 Å². The van der Waals surface area contributed by atoms with E-state index in [2.05, 4.69) is 59.7 Å². The van der Waals surface area contributed by atoms with Gasteiger partial charge in [-0.1, -0.05) is 43.2 Å². The molecular weight excluding hydrogens is 256 g/mol. The zero-order valence-electron chi connectivity index (χ0n) is 12.7. The molecule has 1 fully saturated rings. The van der Waals surface area contributed by atoms with Gasteiger partial charge in [-0.05, 0) is 48.9 Å². The van der Waals surface area contributed by atoms with E-state index < -0.39 is 0 Å². The van der Waals surface area contributed by atoms with E-state index in [-0.39, 0.29) is 0 Å². The molecule has 1 aromatic carbocycles. The third-order valence-corrected chi connectivity index (χ3v) is 4.66. The molecule has 0 bridgehead atoms. The Morgan fingerprint density at radius 3 is 2.48 bits per heavy atom. The molecule has 1 aliphatic rings. The maximum absolute atomic E-state index is 4.11. The number of rotatable bonds is 4. The molecule has 1 N–H and O–H groups in total. The minimum Gasteiger partial charge on any atom is -0.307 e. The van der Waals surface area contributed by atoms with Crippen LogP contribution in [0.2, 0.25) is 0 Å². The van der Waals surface area contributed by atoms with Crippen LogP contribution in [0.3, 0.4) is 0 Å². The molecule has 3 rings (SSSR count). The Balaban J connectivity index is 1.73. The fraction of sp³-hybridized carbons (Fsp3) is 0.421. The van der Waals surface area contributed by atoms with Gasteiger partial charge in [-0.25, -0.2) is 0 Å². The van der Waals surface area contributed by atoms with Crippen LogP contribution in [0.1, 0.15) is 55.7 Å². The summed E-state index contributed by atoms with van der Waals surface area (Å²) >= 11 is 0. The monoisotopic (exact) mass is 280 g/mol. The molecule has 3 atom stereocenters. The number of nitrogens with one attached hydrogen (secondary N) is 1. The summed E-state index contributed by atoms with van der Waals surface area (Å²) in [5.74, 6) is 0.643. The number of aromatic nitrogens is 1. The van der Waals surface area contributed by atoms with Gasteiger partial charge >= 0.3 is 0 Å². The topological polar surface area (TPSA) is 24.9 Å². The SMILES string of the molecule is CC(NC1CCCCC1c1ccccc1)c1ccncc1. The van der Waals surface area contributed by atoms with Gasteiger partial charge in [-0.2, -0.15) is 0 Å². The average molecular weight is 280 g/mol. The fourth-order valence-electron chi connectivity index (χ4n) is 3.50. The molecular formula is C19H24N2. The normalized spacial score (nSPS) is 23.7. The van der Waals surface area contributed by atoms with Gasteiger partial charge in [-0.15, -0.1) is 0 Å². The zero-order valence-corrected chi connectivity index (χ0v) is 12.7. The van der Waals surface area contributed by atoms with E-state index in [1.54, 1.807) is 0 Å². The van der Waals surface area contributed by atoms with Crippen molar-refractivity contribution in [1.29, 1.82) is 0 Å². The fourth-order valence-corrected chi connectivity index (χ4v) is 3.50. The van der Waals surface area contributed by atoms with Crippen LogP contribution in [-0.4, -0.2) is 11.0 Å². The number of benzene rings is 1. The molecule has 110 valence electrons. The Labute approximate surface area is 127 Å². The first-order chi connectivity index (χ1) is 10.3. The van der Waals surface area contributed by atoms with E-state index in [1.165, 1.54) is 36.8 Å². The van der Waals surface area contributed by atoms with Crippen LogP contribution in [0.25, 0.3) is 0 Å². The molecule has 21 heavy (non-hydrogen) atoms. The standard InChI is InChI=1S/C19H24N2/c1-15(16-11-13-20-14-12-16)21-19-10-6-5-9-18(19)17-7-3-2-4-8-17/h2-4,7-8,11-15,18-19,21H,5-6,9-10H2,1H3. The maximum Gasteiger partial charge on any atom is 0.0295 e. The third kappa shape index (κ3) is 3.51. The highest BCUT2D eigenvalue weighted by atomic mass is 15.0. The predicted molar refractivity (Wildman–Crippen MR) is 87.2 cm³/mol. The average Bonchev–Trinajstić information content (AvgIpc) is 2.57. The van der Waals surface area contributed by atoms with E-state index in [0.29, 0.717) is 18.0 Å². The second kappa shape index (κ2) is 6.86. The molecule has 3 unspecified atom stereocenters. The zero-order chi connectivity index (χ0) is 14.5. The summed E-state index contributed by atoms with van der Waals surface area (Å²) in [4.78, 5) is 4.11. The van der Waals surface area contributed by atoms with Crippen LogP contribution in [0.15, 0.2) is 54.9 Å². The number of hydrogen-bond donors (Lipinski definition) is 1. The molecule has 2 nitrogen and oxygen atoms in total. The first-order valence-electron chi connectivity index (χ1n) is 8.05. The Bertz CT molecular complexity index is 538. The Morgan fingerprint density at radius 2 is 1.71 bits per heavy atom. The quantitative estimate of drug-likeness (QED) is 0.894. The molecule has 1 saturated carbocycles. The van der Waals surface area contributed by atoms with Gasteiger partial charge in [0.05, 0.1) is 0 Å². The third-order valence-electron chi connectivity index (χ3n) is 4.66. The summed E-state index contributed by atoms with van der Waals surface area (Å²) < 4.78 is 0. The second-order valence-corrected chi connectivity index (χ2v) is 6.08. The predicted octanol–water partition coefficient (Wildman–Crippen LogP) is 4.46. The van der Waals surface area contributed by atoms with Crippen LogP contribution in [0.5, 0.6) is 0 Å². The Morgan fingerprint density at radius 1 is 1.00 bits per heavy atom. The maximum atomic E-state index is 4.11. The van der Waals surface area contributed by atoms with Crippen molar-refractivity contribution in [3.8, 4) is 0 Å². The van der Waals surface area contributed by atoms with Crippen molar-refractivity contribution >= 4 is 0 Å². The van der Waals surface area contributed by atoms with Crippen molar-refractivity contribution in [3.05, 3.63) is 66.0 Å². The van der Waals surface area contributed by atoms with Crippen LogP contribution >= 0.6 is 0 Å². The molecule has 1 aromatic heterocycles. The van der Waals surface area contributed by atoms with Crippen LogP contribution < -0.4 is 5.32 Å². The van der Waals surface area contributed by atoms with E-state index >= 15 is 0 Å². The minimum atomic E-state index is 0.377. The molecule has 2 aromatic rings. The van der Waals surface area contributed by atoms with Crippen molar-refractivity contribution in [2.75, 3.05) is 0 Å². The molecule has 0 amide bonds. The van der Waals surface area contributed by atoms with Gasteiger partial charge in [0.15, 0.2) is 0 Å². The Hall–Kier alpha value is -1.67. The molecule has 0 spiro atoms. The van der Waals surface area contributed by atoms with Crippen molar-refractivity contribution in [1.82, 2.24) is 10.3 Å². The molecule has 2 heteroatoms. The molecule has 0 saturated heterocycles. The largest absolute Gasteiger partial charge is 0.307 e. The highest BCUT2D eigenvalue weighted by molar-refractivity contribution is 5.23. The molecule has 0 radical (unpaired) electrons. The molecule has 1 heterocycles. The lowest BCUT2D eigenvalue weighted by Crippen LogP contribution is -2.38. The lowest BCUT2D eigenvalue weighted by atomic mass is 9.79. The minimum absolute atomic E-state index is 0.377. The first kappa shape index (κ1) is 14.3. The van der Waals surface area contributed by atoms with Crippen molar-refractivity contribution in [2.45, 2.75) is 50.6 Å². The van der Waals surface area contributed by atoms with Crippen LogP contribution in [0.4, 0.5) is 0 Å². The van der Waals surface area contributed by atoms with Gasteiger partial charge < -0.3 is 5.32 Å². The van der Waals surface area contributed by atoms with Crippen molar-refractivity contribution in [3.63, 3.8) is 0 Å². The van der Waals surface area contributed by atoms with E-state index in [1.807, 2.05) is 12.4 Å². The number of nitrogens with zero attached hydrogens (tertiary/aromatic N) is 1. The number of pyridine rings is 1. The highest BCUT2D eigenvalue weighted by Crippen LogP contribution is 2.34. The van der Waals surface area contributed by atoms with E-state index in [4.69, 9.17) is 0 Å². The van der Waals surface area contributed by atoms with E-state index in [0.717, 1.165) is 0 Å². The van der Waals surface area contributed by atoms with Crippen LogP contribution in [0, 0.1) is 0 Å². The smallest absolute Gasteiger partial charge is 0.0295 e. The summed E-state index contributed by atoms with van der Waals surface area (Å²) in [5.41, 5.74) is 2.80. The lowest BCUT2D eigenvalue weighted by Gasteiger charge is -2.35. The van der Waals surface area contributed by atoms with Gasteiger partial charge in [-0.3, -0.25) is 4.98 Å². The summed E-state index contributed by atoms with van der Waals surface area (Å²) in [6.45, 7) is 2.26. The highest BCUT2D eigenvalue weighted by Gasteiger charge is 2.27. The van der Waals surface area contributed by atoms with E-state index in [9.17, 15) is 0 Å². The van der Waals surface area contributed by atoms with Gasteiger partial charge in [0.1, 0.15) is 0 Å². The summed E-state index contributed by atoms with van der Waals surface area (Å²) in [6, 6.07) is 16.2. The summed E-state index contributed by atoms with van der Waals surface area (Å²) in [5, 5.41) is 3.86. The van der Waals surface area contributed by atoms with Gasteiger partial charge in [0.2, 0.25) is 0 Å². The Kier molecular flexibility index (Phi) is 4.66. The van der Waals surface area contributed by atoms with Crippen molar-refractivity contribution in [2.24, 2.45) is 0 Å². The van der Waals surface area contributed by atoms with Crippen molar-refractivity contribution < 1.29 is 0 Å². The van der Waals surface area contributed by atoms with Crippen LogP contribution in [-0.2, 0) is 0 Å². The molecule has 1 aliphatic carbocycles. The second-order valence-electron chi connectivity index (χ2n) is 6.08. The first-order valence-corrected chi connectivity index (χ1v) is 8.05.